The first-order chi connectivity index (χ1) is 11.6. The fourth-order valence-corrected chi connectivity index (χ4v) is 6.36. The fraction of sp³-hybridized carbons (Fsp3) is 0.684. The summed E-state index contributed by atoms with van der Waals surface area (Å²) in [6.45, 7) is 0. The molecule has 0 aliphatic heterocycles. The Labute approximate surface area is 147 Å². The molecule has 0 aromatic carbocycles. The number of carbonyl (C=O) groups is 2. The summed E-state index contributed by atoms with van der Waals surface area (Å²) in [5, 5.41) is 5.16. The lowest BCUT2D eigenvalue weighted by Crippen LogP contribution is -2.51. The smallest absolute Gasteiger partial charge is 0.307 e. The van der Waals surface area contributed by atoms with E-state index in [2.05, 4.69) is 5.32 Å². The SMILES string of the molecule is COC(=O)CC(NC(=O)C1C2CC3CC(C2)CC1C3)c1cccs1. The lowest BCUT2D eigenvalue weighted by Gasteiger charge is -2.53. The van der Waals surface area contributed by atoms with Gasteiger partial charge in [0.2, 0.25) is 5.91 Å². The summed E-state index contributed by atoms with van der Waals surface area (Å²) in [4.78, 5) is 25.8. The summed E-state index contributed by atoms with van der Waals surface area (Å²) in [5.41, 5.74) is 0. The molecule has 0 radical (unpaired) electrons. The molecule has 1 aromatic heterocycles. The third-order valence-electron chi connectivity index (χ3n) is 6.33. The number of rotatable bonds is 5. The second kappa shape index (κ2) is 6.51. The van der Waals surface area contributed by atoms with Crippen molar-refractivity contribution in [2.45, 2.75) is 44.6 Å². The molecule has 5 heteroatoms. The van der Waals surface area contributed by atoms with Crippen molar-refractivity contribution in [1.82, 2.24) is 5.32 Å². The summed E-state index contributed by atoms with van der Waals surface area (Å²) >= 11 is 1.58. The quantitative estimate of drug-likeness (QED) is 0.829. The van der Waals surface area contributed by atoms with Crippen molar-refractivity contribution in [1.29, 1.82) is 0 Å². The zero-order chi connectivity index (χ0) is 16.7. The Morgan fingerprint density at radius 1 is 1.21 bits per heavy atom. The van der Waals surface area contributed by atoms with Gasteiger partial charge in [-0.05, 0) is 67.2 Å². The van der Waals surface area contributed by atoms with E-state index in [1.807, 2.05) is 17.5 Å². The zero-order valence-electron chi connectivity index (χ0n) is 14.1. The average molecular weight is 347 g/mol. The predicted molar refractivity (Wildman–Crippen MR) is 92.4 cm³/mol. The molecule has 1 amide bonds. The van der Waals surface area contributed by atoms with E-state index >= 15 is 0 Å². The molecule has 1 heterocycles. The number of methoxy groups -OCH3 is 1. The van der Waals surface area contributed by atoms with Gasteiger partial charge in [-0.25, -0.2) is 0 Å². The van der Waals surface area contributed by atoms with Gasteiger partial charge < -0.3 is 10.1 Å². The lowest BCUT2D eigenvalue weighted by molar-refractivity contribution is -0.142. The van der Waals surface area contributed by atoms with Crippen molar-refractivity contribution in [3.8, 4) is 0 Å². The number of nitrogens with one attached hydrogen (secondary N) is 1. The number of thiophene rings is 1. The molecule has 130 valence electrons. The highest BCUT2D eigenvalue weighted by Gasteiger charge is 2.50. The normalized spacial score (nSPS) is 34.8. The van der Waals surface area contributed by atoms with Crippen LogP contribution >= 0.6 is 11.3 Å². The van der Waals surface area contributed by atoms with Crippen LogP contribution < -0.4 is 5.32 Å². The van der Waals surface area contributed by atoms with E-state index in [9.17, 15) is 9.59 Å². The van der Waals surface area contributed by atoms with Crippen LogP contribution in [0.1, 0.15) is 49.4 Å². The number of hydrogen-bond donors (Lipinski definition) is 1. The standard InChI is InChI=1S/C19H25NO3S/c1-23-17(21)10-15(16-3-2-4-24-16)20-19(22)18-13-6-11-5-12(8-13)9-14(18)7-11/h2-4,11-15,18H,5-10H2,1H3,(H,20,22). The van der Waals surface area contributed by atoms with E-state index in [-0.39, 0.29) is 30.3 Å². The van der Waals surface area contributed by atoms with Gasteiger partial charge in [0, 0.05) is 10.8 Å². The Morgan fingerprint density at radius 2 is 1.88 bits per heavy atom. The molecule has 1 aromatic rings. The van der Waals surface area contributed by atoms with E-state index in [4.69, 9.17) is 4.74 Å². The molecule has 4 saturated carbocycles. The molecule has 4 aliphatic carbocycles. The molecule has 24 heavy (non-hydrogen) atoms. The highest BCUT2D eigenvalue weighted by molar-refractivity contribution is 7.10. The highest BCUT2D eigenvalue weighted by Crippen LogP contribution is 2.56. The van der Waals surface area contributed by atoms with Gasteiger partial charge >= 0.3 is 5.97 Å². The van der Waals surface area contributed by atoms with E-state index in [1.54, 1.807) is 11.3 Å². The number of amides is 1. The number of esters is 1. The van der Waals surface area contributed by atoms with Crippen molar-refractivity contribution >= 4 is 23.2 Å². The summed E-state index contributed by atoms with van der Waals surface area (Å²) in [5.74, 6) is 2.87. The minimum absolute atomic E-state index is 0.151. The van der Waals surface area contributed by atoms with Gasteiger partial charge in [0.05, 0.1) is 19.6 Å². The first kappa shape index (κ1) is 16.1. The minimum Gasteiger partial charge on any atom is -0.469 e. The maximum absolute atomic E-state index is 13.1. The molecule has 0 spiro atoms. The van der Waals surface area contributed by atoms with Crippen molar-refractivity contribution in [2.75, 3.05) is 7.11 Å². The monoisotopic (exact) mass is 347 g/mol. The topological polar surface area (TPSA) is 55.4 Å². The van der Waals surface area contributed by atoms with Gasteiger partial charge in [-0.2, -0.15) is 0 Å². The van der Waals surface area contributed by atoms with Crippen molar-refractivity contribution in [3.63, 3.8) is 0 Å². The largest absolute Gasteiger partial charge is 0.469 e. The van der Waals surface area contributed by atoms with Gasteiger partial charge in [-0.15, -0.1) is 11.3 Å². The van der Waals surface area contributed by atoms with Gasteiger partial charge in [0.15, 0.2) is 0 Å². The van der Waals surface area contributed by atoms with Crippen LogP contribution in [0.15, 0.2) is 17.5 Å². The predicted octanol–water partition coefficient (Wildman–Crippen LogP) is 3.54. The van der Waals surface area contributed by atoms with Crippen LogP contribution in [0.3, 0.4) is 0 Å². The zero-order valence-corrected chi connectivity index (χ0v) is 14.9. The summed E-state index contributed by atoms with van der Waals surface area (Å²) < 4.78 is 4.81. The summed E-state index contributed by atoms with van der Waals surface area (Å²) in [6.07, 6.45) is 6.51. The highest BCUT2D eigenvalue weighted by atomic mass is 32.1. The molecule has 4 fully saturated rings. The fourth-order valence-electron chi connectivity index (χ4n) is 5.58. The first-order valence-electron chi connectivity index (χ1n) is 9.04. The Kier molecular flexibility index (Phi) is 4.37. The molecule has 4 bridgehead atoms. The van der Waals surface area contributed by atoms with Crippen LogP contribution in [0.25, 0.3) is 0 Å². The molecule has 1 atom stereocenters. The van der Waals surface area contributed by atoms with E-state index in [0.29, 0.717) is 11.8 Å². The maximum atomic E-state index is 13.1. The first-order valence-corrected chi connectivity index (χ1v) is 9.92. The van der Waals surface area contributed by atoms with Crippen LogP contribution in [0, 0.1) is 29.6 Å². The third-order valence-corrected chi connectivity index (χ3v) is 7.32. The Morgan fingerprint density at radius 3 is 2.42 bits per heavy atom. The number of carbonyl (C=O) groups excluding carboxylic acids is 2. The molecule has 1 N–H and O–H groups in total. The van der Waals surface area contributed by atoms with Crippen LogP contribution in [0.2, 0.25) is 0 Å². The van der Waals surface area contributed by atoms with Gasteiger partial charge in [-0.1, -0.05) is 6.07 Å². The molecule has 0 saturated heterocycles. The van der Waals surface area contributed by atoms with Crippen molar-refractivity contribution in [2.24, 2.45) is 29.6 Å². The summed E-state index contributed by atoms with van der Waals surface area (Å²) in [7, 11) is 1.40. The van der Waals surface area contributed by atoms with Gasteiger partial charge in [-0.3, -0.25) is 9.59 Å². The van der Waals surface area contributed by atoms with Crippen LogP contribution in [-0.2, 0) is 14.3 Å². The Balaban J connectivity index is 1.48. The third kappa shape index (κ3) is 2.99. The molecular formula is C19H25NO3S. The summed E-state index contributed by atoms with van der Waals surface area (Å²) in [6, 6.07) is 3.68. The minimum atomic E-state index is -0.279. The van der Waals surface area contributed by atoms with Crippen LogP contribution in [0.4, 0.5) is 0 Å². The average Bonchev–Trinajstić information content (AvgIpc) is 3.07. The maximum Gasteiger partial charge on any atom is 0.307 e. The van der Waals surface area contributed by atoms with Gasteiger partial charge in [0.25, 0.3) is 0 Å². The number of ether oxygens (including phenoxy) is 1. The Bertz CT molecular complexity index is 584. The van der Waals surface area contributed by atoms with Crippen LogP contribution in [0.5, 0.6) is 0 Å². The van der Waals surface area contributed by atoms with E-state index < -0.39 is 0 Å². The van der Waals surface area contributed by atoms with E-state index in [0.717, 1.165) is 16.7 Å². The lowest BCUT2D eigenvalue weighted by atomic mass is 9.51. The number of hydrogen-bond acceptors (Lipinski definition) is 4. The van der Waals surface area contributed by atoms with Crippen LogP contribution in [-0.4, -0.2) is 19.0 Å². The molecule has 1 unspecified atom stereocenters. The Hall–Kier alpha value is -1.36. The van der Waals surface area contributed by atoms with E-state index in [1.165, 1.54) is 39.2 Å². The molecule has 4 nitrogen and oxygen atoms in total. The molecular weight excluding hydrogens is 322 g/mol. The second-order valence-corrected chi connectivity index (χ2v) is 8.79. The van der Waals surface area contributed by atoms with Crippen molar-refractivity contribution in [3.05, 3.63) is 22.4 Å². The molecule has 5 rings (SSSR count). The second-order valence-electron chi connectivity index (χ2n) is 7.81. The van der Waals surface area contributed by atoms with Crippen molar-refractivity contribution < 1.29 is 14.3 Å². The van der Waals surface area contributed by atoms with Gasteiger partial charge in [0.1, 0.15) is 0 Å². The molecule has 4 aliphatic rings.